The number of nitrogens with one attached hydrogen (secondary N) is 1. The fourth-order valence-electron chi connectivity index (χ4n) is 2.29. The van der Waals surface area contributed by atoms with Crippen LogP contribution in [-0.2, 0) is 6.42 Å². The normalized spacial score (nSPS) is 11.8. The summed E-state index contributed by atoms with van der Waals surface area (Å²) in [6, 6.07) is 5.07. The molecule has 0 fully saturated rings. The number of ether oxygens (including phenoxy) is 1. The molecule has 1 amide bonds. The van der Waals surface area contributed by atoms with E-state index in [1.807, 2.05) is 0 Å². The lowest BCUT2D eigenvalue weighted by Crippen LogP contribution is -2.26. The van der Waals surface area contributed by atoms with Gasteiger partial charge < -0.3 is 19.6 Å². The zero-order chi connectivity index (χ0) is 17.9. The molecule has 6 nitrogen and oxygen atoms in total. The molecule has 24 heavy (non-hydrogen) atoms. The highest BCUT2D eigenvalue weighted by Crippen LogP contribution is 2.22. The first-order valence-corrected chi connectivity index (χ1v) is 7.37. The summed E-state index contributed by atoms with van der Waals surface area (Å²) in [6.07, 6.45) is 0.355. The number of halogens is 1. The van der Waals surface area contributed by atoms with Crippen LogP contribution in [0.25, 0.3) is 0 Å². The van der Waals surface area contributed by atoms with E-state index in [2.05, 4.69) is 5.32 Å². The molecular formula is C17H18FNO5. The first-order chi connectivity index (χ1) is 11.4. The van der Waals surface area contributed by atoms with Gasteiger partial charge in [0.05, 0.1) is 13.2 Å². The largest absolute Gasteiger partial charge is 0.494 e. The molecule has 1 aromatic heterocycles. The molecule has 0 spiro atoms. The Balaban J connectivity index is 2.17. The number of hydrogen-bond donors (Lipinski definition) is 2. The lowest BCUT2D eigenvalue weighted by Gasteiger charge is -2.14. The van der Waals surface area contributed by atoms with Gasteiger partial charge in [-0.25, -0.2) is 9.18 Å². The minimum absolute atomic E-state index is 0.0363. The Morgan fingerprint density at radius 2 is 2.08 bits per heavy atom. The van der Waals surface area contributed by atoms with Crippen LogP contribution in [-0.4, -0.2) is 24.1 Å². The van der Waals surface area contributed by atoms with Gasteiger partial charge in [-0.1, -0.05) is 13.0 Å². The fraction of sp³-hybridized carbons (Fsp3) is 0.294. The third kappa shape index (κ3) is 3.56. The number of amides is 1. The summed E-state index contributed by atoms with van der Waals surface area (Å²) < 4.78 is 23.9. The molecule has 7 heteroatoms. The van der Waals surface area contributed by atoms with E-state index in [9.17, 15) is 14.0 Å². The van der Waals surface area contributed by atoms with E-state index in [0.29, 0.717) is 12.0 Å². The summed E-state index contributed by atoms with van der Waals surface area (Å²) >= 11 is 0. The molecule has 0 radical (unpaired) electrons. The lowest BCUT2D eigenvalue weighted by molar-refractivity contribution is 0.0694. The van der Waals surface area contributed by atoms with Crippen LogP contribution in [0.2, 0.25) is 0 Å². The van der Waals surface area contributed by atoms with Crippen LogP contribution < -0.4 is 10.1 Å². The van der Waals surface area contributed by atoms with Crippen LogP contribution in [0.15, 0.2) is 28.7 Å². The van der Waals surface area contributed by atoms with E-state index < -0.39 is 23.7 Å². The van der Waals surface area contributed by atoms with Gasteiger partial charge in [0, 0.05) is 12.5 Å². The van der Waals surface area contributed by atoms with Crippen LogP contribution >= 0.6 is 0 Å². The van der Waals surface area contributed by atoms with Gasteiger partial charge in [-0.15, -0.1) is 0 Å². The average Bonchev–Trinajstić information content (AvgIpc) is 2.99. The van der Waals surface area contributed by atoms with Gasteiger partial charge in [-0.05, 0) is 24.6 Å². The van der Waals surface area contributed by atoms with Gasteiger partial charge in [0.2, 0.25) is 0 Å². The molecule has 2 N–H and O–H groups in total. The van der Waals surface area contributed by atoms with Crippen molar-refractivity contribution in [3.8, 4) is 5.75 Å². The van der Waals surface area contributed by atoms with Gasteiger partial charge in [-0.3, -0.25) is 4.79 Å². The number of carboxylic acids is 1. The summed E-state index contributed by atoms with van der Waals surface area (Å²) in [6.45, 7) is 3.41. The zero-order valence-electron chi connectivity index (χ0n) is 13.6. The highest BCUT2D eigenvalue weighted by Gasteiger charge is 2.21. The summed E-state index contributed by atoms with van der Waals surface area (Å²) in [5, 5.41) is 11.7. The molecule has 1 aromatic carbocycles. The molecule has 2 aromatic rings. The van der Waals surface area contributed by atoms with Crippen LogP contribution in [0.3, 0.4) is 0 Å². The summed E-state index contributed by atoms with van der Waals surface area (Å²) in [5.41, 5.74) is 0.508. The van der Waals surface area contributed by atoms with Crippen LogP contribution in [0.1, 0.15) is 52.1 Å². The summed E-state index contributed by atoms with van der Waals surface area (Å²) in [7, 11) is 1.37. The smallest absolute Gasteiger partial charge is 0.339 e. The third-order valence-electron chi connectivity index (χ3n) is 3.61. The Kier molecular flexibility index (Phi) is 5.23. The van der Waals surface area contributed by atoms with Crippen molar-refractivity contribution in [3.05, 3.63) is 52.7 Å². The SMILES string of the molecule is CCc1oc(C(=O)N[C@H](C)c2ccc(OC)c(F)c2)cc1C(=O)O. The van der Waals surface area contributed by atoms with E-state index in [0.717, 1.165) is 0 Å². The van der Waals surface area contributed by atoms with Gasteiger partial charge >= 0.3 is 5.97 Å². The minimum Gasteiger partial charge on any atom is -0.494 e. The highest BCUT2D eigenvalue weighted by molar-refractivity contribution is 5.96. The molecule has 0 saturated heterocycles. The van der Waals surface area contributed by atoms with Crippen molar-refractivity contribution < 1.29 is 28.2 Å². The monoisotopic (exact) mass is 335 g/mol. The number of carboxylic acid groups (broad SMARTS) is 1. The van der Waals surface area contributed by atoms with Crippen molar-refractivity contribution in [3.63, 3.8) is 0 Å². The maximum atomic E-state index is 13.7. The van der Waals surface area contributed by atoms with E-state index >= 15 is 0 Å². The van der Waals surface area contributed by atoms with E-state index in [-0.39, 0.29) is 22.8 Å². The number of hydrogen-bond acceptors (Lipinski definition) is 4. The van der Waals surface area contributed by atoms with Crippen molar-refractivity contribution in [2.75, 3.05) is 7.11 Å². The summed E-state index contributed by atoms with van der Waals surface area (Å²) in [4.78, 5) is 23.3. The molecule has 0 bridgehead atoms. The molecule has 0 aliphatic rings. The number of benzene rings is 1. The number of carbonyl (C=O) groups excluding carboxylic acids is 1. The van der Waals surface area contributed by atoms with Crippen molar-refractivity contribution in [2.24, 2.45) is 0 Å². The second kappa shape index (κ2) is 7.16. The Bertz CT molecular complexity index is 768. The predicted molar refractivity (Wildman–Crippen MR) is 83.9 cm³/mol. The maximum absolute atomic E-state index is 13.7. The Labute approximate surface area is 138 Å². The Morgan fingerprint density at radius 3 is 2.58 bits per heavy atom. The highest BCUT2D eigenvalue weighted by atomic mass is 19.1. The van der Waals surface area contributed by atoms with Gasteiger partial charge in [0.25, 0.3) is 5.91 Å². The molecule has 0 aliphatic carbocycles. The maximum Gasteiger partial charge on any atom is 0.339 e. The van der Waals surface area contributed by atoms with Crippen LogP contribution in [0.5, 0.6) is 5.75 Å². The molecule has 0 unspecified atom stereocenters. The Hall–Kier alpha value is -2.83. The molecule has 128 valence electrons. The molecule has 1 atom stereocenters. The number of aryl methyl sites for hydroxylation is 1. The molecule has 1 heterocycles. The first-order valence-electron chi connectivity index (χ1n) is 7.37. The summed E-state index contributed by atoms with van der Waals surface area (Å²) in [5.74, 6) is -2.00. The molecule has 2 rings (SSSR count). The third-order valence-corrected chi connectivity index (χ3v) is 3.61. The number of aromatic carboxylic acids is 1. The Morgan fingerprint density at radius 1 is 1.38 bits per heavy atom. The first kappa shape index (κ1) is 17.5. The topological polar surface area (TPSA) is 88.8 Å². The van der Waals surface area contributed by atoms with E-state index in [1.165, 1.54) is 25.3 Å². The van der Waals surface area contributed by atoms with Crippen molar-refractivity contribution in [2.45, 2.75) is 26.3 Å². The van der Waals surface area contributed by atoms with Gasteiger partial charge in [0.15, 0.2) is 17.3 Å². The van der Waals surface area contributed by atoms with Crippen molar-refractivity contribution in [1.82, 2.24) is 5.32 Å². The second-order valence-electron chi connectivity index (χ2n) is 5.20. The van der Waals surface area contributed by atoms with Gasteiger partial charge in [-0.2, -0.15) is 0 Å². The number of furan rings is 1. The second-order valence-corrected chi connectivity index (χ2v) is 5.20. The number of carbonyl (C=O) groups is 2. The van der Waals surface area contributed by atoms with Crippen LogP contribution in [0.4, 0.5) is 4.39 Å². The molecule has 0 saturated carbocycles. The fourth-order valence-corrected chi connectivity index (χ4v) is 2.29. The zero-order valence-corrected chi connectivity index (χ0v) is 13.6. The molecule has 0 aliphatic heterocycles. The molecular weight excluding hydrogens is 317 g/mol. The minimum atomic E-state index is -1.15. The number of rotatable bonds is 6. The quantitative estimate of drug-likeness (QED) is 0.846. The van der Waals surface area contributed by atoms with Gasteiger partial charge in [0.1, 0.15) is 11.3 Å². The number of methoxy groups -OCH3 is 1. The van der Waals surface area contributed by atoms with Crippen LogP contribution in [0, 0.1) is 5.82 Å². The standard InChI is InChI=1S/C17H18FNO5/c1-4-13-11(17(21)22)8-15(24-13)16(20)19-9(2)10-5-6-14(23-3)12(18)7-10/h5-9H,4H2,1-3H3,(H,19,20)(H,21,22)/t9-/m1/s1. The lowest BCUT2D eigenvalue weighted by atomic mass is 10.1. The van der Waals surface area contributed by atoms with Crippen molar-refractivity contribution >= 4 is 11.9 Å². The predicted octanol–water partition coefficient (Wildman–Crippen LogP) is 3.18. The van der Waals surface area contributed by atoms with E-state index in [1.54, 1.807) is 19.9 Å². The van der Waals surface area contributed by atoms with Crippen molar-refractivity contribution in [1.29, 1.82) is 0 Å². The average molecular weight is 335 g/mol. The van der Waals surface area contributed by atoms with E-state index in [4.69, 9.17) is 14.3 Å².